The molecule has 0 aliphatic rings. The van der Waals surface area contributed by atoms with E-state index in [-0.39, 0.29) is 11.4 Å². The SMILES string of the molecule is COc1ccc(NC(=O)CN(Cc2ccc(F)cc2)S(=O)(=O)c2ccc(C)cc2)cc1Cl. The Bertz CT molecular complexity index is 1200. The maximum absolute atomic E-state index is 13.3. The molecule has 0 aliphatic heterocycles. The van der Waals surface area contributed by atoms with E-state index in [1.807, 2.05) is 6.92 Å². The molecule has 0 fully saturated rings. The van der Waals surface area contributed by atoms with Gasteiger partial charge in [0.15, 0.2) is 0 Å². The van der Waals surface area contributed by atoms with Gasteiger partial charge in [0.1, 0.15) is 11.6 Å². The molecule has 0 bridgehead atoms. The highest BCUT2D eigenvalue weighted by molar-refractivity contribution is 7.89. The molecule has 3 rings (SSSR count). The van der Waals surface area contributed by atoms with E-state index >= 15 is 0 Å². The monoisotopic (exact) mass is 476 g/mol. The number of hydrogen-bond acceptors (Lipinski definition) is 4. The van der Waals surface area contributed by atoms with Crippen LogP contribution in [0.1, 0.15) is 11.1 Å². The Morgan fingerprint density at radius 3 is 2.31 bits per heavy atom. The van der Waals surface area contributed by atoms with Gasteiger partial charge in [-0.25, -0.2) is 12.8 Å². The number of aryl methyl sites for hydroxylation is 1. The summed E-state index contributed by atoms with van der Waals surface area (Å²) in [5, 5.41) is 2.95. The highest BCUT2D eigenvalue weighted by atomic mass is 35.5. The third kappa shape index (κ3) is 5.85. The number of hydrogen-bond donors (Lipinski definition) is 1. The van der Waals surface area contributed by atoms with Crippen LogP contribution in [0.15, 0.2) is 71.6 Å². The third-order valence-corrected chi connectivity index (χ3v) is 6.79. The molecule has 0 spiro atoms. The second-order valence-corrected chi connectivity index (χ2v) is 9.46. The Morgan fingerprint density at radius 2 is 1.72 bits per heavy atom. The van der Waals surface area contributed by atoms with Crippen molar-refractivity contribution in [3.63, 3.8) is 0 Å². The Morgan fingerprint density at radius 1 is 1.06 bits per heavy atom. The maximum Gasteiger partial charge on any atom is 0.243 e. The number of nitrogens with one attached hydrogen (secondary N) is 1. The number of benzene rings is 3. The molecule has 0 atom stereocenters. The molecular weight excluding hydrogens is 455 g/mol. The number of halogens is 2. The molecule has 9 heteroatoms. The molecule has 3 aromatic carbocycles. The second-order valence-electron chi connectivity index (χ2n) is 7.11. The summed E-state index contributed by atoms with van der Waals surface area (Å²) in [7, 11) is -2.52. The predicted octanol–water partition coefficient (Wildman–Crippen LogP) is 4.63. The van der Waals surface area contributed by atoms with Crippen LogP contribution >= 0.6 is 11.6 Å². The van der Waals surface area contributed by atoms with Crippen LogP contribution in [0.2, 0.25) is 5.02 Å². The van der Waals surface area contributed by atoms with Crippen LogP contribution in [-0.2, 0) is 21.4 Å². The topological polar surface area (TPSA) is 75.7 Å². The van der Waals surface area contributed by atoms with E-state index in [1.54, 1.807) is 24.3 Å². The molecule has 1 N–H and O–H groups in total. The molecule has 6 nitrogen and oxygen atoms in total. The molecule has 0 aromatic heterocycles. The maximum atomic E-state index is 13.3. The molecule has 1 amide bonds. The molecule has 0 unspecified atom stereocenters. The second kappa shape index (κ2) is 10.1. The lowest BCUT2D eigenvalue weighted by Gasteiger charge is -2.22. The van der Waals surface area contributed by atoms with Crippen LogP contribution in [0.3, 0.4) is 0 Å². The largest absolute Gasteiger partial charge is 0.495 e. The molecule has 32 heavy (non-hydrogen) atoms. The van der Waals surface area contributed by atoms with E-state index in [9.17, 15) is 17.6 Å². The fourth-order valence-corrected chi connectivity index (χ4v) is 4.63. The third-order valence-electron chi connectivity index (χ3n) is 4.69. The van der Waals surface area contributed by atoms with E-state index in [4.69, 9.17) is 16.3 Å². The number of carbonyl (C=O) groups excluding carboxylic acids is 1. The summed E-state index contributed by atoms with van der Waals surface area (Å²) < 4.78 is 46.0. The fourth-order valence-electron chi connectivity index (χ4n) is 2.98. The van der Waals surface area contributed by atoms with Crippen LogP contribution in [0, 0.1) is 12.7 Å². The van der Waals surface area contributed by atoms with Gasteiger partial charge in [-0.3, -0.25) is 4.79 Å². The lowest BCUT2D eigenvalue weighted by molar-refractivity contribution is -0.116. The average molecular weight is 477 g/mol. The van der Waals surface area contributed by atoms with E-state index in [0.717, 1.165) is 9.87 Å². The van der Waals surface area contributed by atoms with Gasteiger partial charge in [-0.1, -0.05) is 41.4 Å². The fraction of sp³-hybridized carbons (Fsp3) is 0.174. The minimum atomic E-state index is -4.00. The van der Waals surface area contributed by atoms with Crippen LogP contribution in [0.5, 0.6) is 5.75 Å². The number of anilines is 1. The van der Waals surface area contributed by atoms with Crippen molar-refractivity contribution in [1.29, 1.82) is 0 Å². The van der Waals surface area contributed by atoms with Gasteiger partial charge in [-0.15, -0.1) is 0 Å². The van der Waals surface area contributed by atoms with Crippen LogP contribution in [-0.4, -0.2) is 32.3 Å². The van der Waals surface area contributed by atoms with E-state index < -0.39 is 28.3 Å². The zero-order valence-corrected chi connectivity index (χ0v) is 19.1. The summed E-state index contributed by atoms with van der Waals surface area (Å²) in [6, 6.07) is 16.5. The van der Waals surface area contributed by atoms with Gasteiger partial charge in [0.2, 0.25) is 15.9 Å². The summed E-state index contributed by atoms with van der Waals surface area (Å²) >= 11 is 6.09. The zero-order chi connectivity index (χ0) is 23.3. The number of carbonyl (C=O) groups is 1. The van der Waals surface area contributed by atoms with Gasteiger partial charge in [-0.2, -0.15) is 4.31 Å². The lowest BCUT2D eigenvalue weighted by Crippen LogP contribution is -2.37. The van der Waals surface area contributed by atoms with Crippen molar-refractivity contribution >= 4 is 33.2 Å². The molecule has 0 heterocycles. The minimum Gasteiger partial charge on any atom is -0.495 e. The van der Waals surface area contributed by atoms with E-state index in [2.05, 4.69) is 5.32 Å². The average Bonchev–Trinajstić information content (AvgIpc) is 2.75. The summed E-state index contributed by atoms with van der Waals surface area (Å²) in [4.78, 5) is 12.8. The number of ether oxygens (including phenoxy) is 1. The van der Waals surface area contributed by atoms with Gasteiger partial charge in [-0.05, 0) is 55.0 Å². The first-order chi connectivity index (χ1) is 15.2. The summed E-state index contributed by atoms with van der Waals surface area (Å²) in [6.07, 6.45) is 0. The van der Waals surface area contributed by atoms with Crippen molar-refractivity contribution in [1.82, 2.24) is 4.31 Å². The molecular formula is C23H22ClFN2O4S. The van der Waals surface area contributed by atoms with Gasteiger partial charge < -0.3 is 10.1 Å². The first-order valence-electron chi connectivity index (χ1n) is 9.63. The van der Waals surface area contributed by atoms with Crippen molar-refractivity contribution in [2.75, 3.05) is 19.0 Å². The van der Waals surface area contributed by atoms with Crippen LogP contribution in [0.25, 0.3) is 0 Å². The molecule has 168 valence electrons. The van der Waals surface area contributed by atoms with Crippen molar-refractivity contribution in [2.24, 2.45) is 0 Å². The van der Waals surface area contributed by atoms with Crippen molar-refractivity contribution in [3.8, 4) is 5.75 Å². The highest BCUT2D eigenvalue weighted by Gasteiger charge is 2.27. The summed E-state index contributed by atoms with van der Waals surface area (Å²) in [5.41, 5.74) is 1.85. The van der Waals surface area contributed by atoms with Crippen molar-refractivity contribution in [2.45, 2.75) is 18.4 Å². The summed E-state index contributed by atoms with van der Waals surface area (Å²) in [5.74, 6) is -0.538. The van der Waals surface area contributed by atoms with Crippen LogP contribution < -0.4 is 10.1 Å². The van der Waals surface area contributed by atoms with Gasteiger partial charge in [0.05, 0.1) is 23.6 Å². The molecule has 0 saturated carbocycles. The van der Waals surface area contributed by atoms with E-state index in [1.165, 1.54) is 49.6 Å². The lowest BCUT2D eigenvalue weighted by atomic mass is 10.2. The zero-order valence-electron chi connectivity index (χ0n) is 17.5. The Kier molecular flexibility index (Phi) is 7.50. The number of rotatable bonds is 8. The Balaban J connectivity index is 1.86. The predicted molar refractivity (Wildman–Crippen MR) is 122 cm³/mol. The smallest absolute Gasteiger partial charge is 0.243 e. The van der Waals surface area contributed by atoms with Gasteiger partial charge in [0, 0.05) is 12.2 Å². The Labute approximate surface area is 191 Å². The normalized spacial score (nSPS) is 11.4. The van der Waals surface area contributed by atoms with Gasteiger partial charge in [0.25, 0.3) is 0 Å². The minimum absolute atomic E-state index is 0.0607. The highest BCUT2D eigenvalue weighted by Crippen LogP contribution is 2.27. The van der Waals surface area contributed by atoms with E-state index in [0.29, 0.717) is 22.0 Å². The first kappa shape index (κ1) is 23.7. The number of amides is 1. The Hall–Kier alpha value is -2.94. The molecule has 0 saturated heterocycles. The molecule has 0 aliphatic carbocycles. The van der Waals surface area contributed by atoms with Crippen molar-refractivity contribution < 1.29 is 22.3 Å². The first-order valence-corrected chi connectivity index (χ1v) is 11.5. The number of methoxy groups -OCH3 is 1. The van der Waals surface area contributed by atoms with Gasteiger partial charge >= 0.3 is 0 Å². The van der Waals surface area contributed by atoms with Crippen molar-refractivity contribution in [3.05, 3.63) is 88.7 Å². The van der Waals surface area contributed by atoms with Crippen LogP contribution in [0.4, 0.5) is 10.1 Å². The molecule has 0 radical (unpaired) electrons. The number of nitrogens with zero attached hydrogens (tertiary/aromatic N) is 1. The molecule has 3 aromatic rings. The summed E-state index contributed by atoms with van der Waals surface area (Å²) in [6.45, 7) is 1.30. The number of sulfonamides is 1. The standard InChI is InChI=1S/C23H22ClFN2O4S/c1-16-3-10-20(11-4-16)32(29,30)27(14-17-5-7-18(25)8-6-17)15-23(28)26-19-9-12-22(31-2)21(24)13-19/h3-13H,14-15H2,1-2H3,(H,26,28). The quantitative estimate of drug-likeness (QED) is 0.514.